The van der Waals surface area contributed by atoms with Gasteiger partial charge in [0.1, 0.15) is 0 Å². The van der Waals surface area contributed by atoms with E-state index in [-0.39, 0.29) is 8.46 Å². The molecule has 1 aromatic rings. The highest BCUT2D eigenvalue weighted by atomic mass is 31.1. The van der Waals surface area contributed by atoms with Crippen LogP contribution in [-0.4, -0.2) is 0 Å². The zero-order valence-corrected chi connectivity index (χ0v) is 6.22. The number of aryl methyl sites for hydroxylation is 1. The molecule has 0 amide bonds. The van der Waals surface area contributed by atoms with Gasteiger partial charge in [0.25, 0.3) is 0 Å². The minimum Gasteiger partial charge on any atom is -0.285 e. The van der Waals surface area contributed by atoms with Crippen LogP contribution < -0.4 is 5.30 Å². The van der Waals surface area contributed by atoms with E-state index in [4.69, 9.17) is 0 Å². The second-order valence-electron chi connectivity index (χ2n) is 1.92. The number of hydrogen-bond acceptors (Lipinski definition) is 1. The van der Waals surface area contributed by atoms with Gasteiger partial charge in [0, 0.05) is 5.30 Å². The lowest BCUT2D eigenvalue weighted by molar-refractivity contribution is 0.603. The Balaban J connectivity index is 3.15. The lowest BCUT2D eigenvalue weighted by Gasteiger charge is -1.92. The van der Waals surface area contributed by atoms with Crippen molar-refractivity contribution in [3.05, 3.63) is 29.8 Å². The zero-order valence-electron chi connectivity index (χ0n) is 5.22. The topological polar surface area (TPSA) is 17.1 Å². The third-order valence-electron chi connectivity index (χ3n) is 1.26. The third-order valence-corrected chi connectivity index (χ3v) is 2.04. The molecule has 1 rings (SSSR count). The normalized spacial score (nSPS) is 9.89. The highest BCUT2D eigenvalue weighted by Gasteiger charge is 1.89. The Morgan fingerprint density at radius 2 is 2.00 bits per heavy atom. The summed E-state index contributed by atoms with van der Waals surface area (Å²) >= 11 is 0. The van der Waals surface area contributed by atoms with E-state index in [0.717, 1.165) is 10.9 Å². The van der Waals surface area contributed by atoms with Crippen LogP contribution >= 0.6 is 8.46 Å². The Labute approximate surface area is 55.9 Å². The first-order valence-corrected chi connectivity index (χ1v) is 3.69. The van der Waals surface area contributed by atoms with Crippen LogP contribution in [0, 0.1) is 6.92 Å². The Morgan fingerprint density at radius 1 is 1.33 bits per heavy atom. The van der Waals surface area contributed by atoms with Gasteiger partial charge in [-0.2, -0.15) is 0 Å². The number of benzene rings is 1. The fraction of sp³-hybridized carbons (Fsp3) is 0.143. The quantitative estimate of drug-likeness (QED) is 0.540. The Bertz CT molecular complexity index is 220. The maximum atomic E-state index is 10.4. The van der Waals surface area contributed by atoms with Crippen LogP contribution in [0.3, 0.4) is 0 Å². The van der Waals surface area contributed by atoms with Gasteiger partial charge in [-0.05, 0) is 18.6 Å². The van der Waals surface area contributed by atoms with Crippen molar-refractivity contribution in [3.8, 4) is 0 Å². The first kappa shape index (κ1) is 6.44. The molecule has 0 aliphatic heterocycles. The van der Waals surface area contributed by atoms with E-state index in [9.17, 15) is 4.57 Å². The fourth-order valence-corrected chi connectivity index (χ4v) is 1.10. The van der Waals surface area contributed by atoms with Gasteiger partial charge < -0.3 is 0 Å². The Hall–Kier alpha value is -0.680. The summed E-state index contributed by atoms with van der Waals surface area (Å²) in [5.74, 6) is 0. The Morgan fingerprint density at radius 3 is 2.44 bits per heavy atom. The molecular formula is C7H8OP. The Kier molecular flexibility index (Phi) is 1.96. The summed E-state index contributed by atoms with van der Waals surface area (Å²) in [4.78, 5) is 0. The minimum atomic E-state index is -0.321. The van der Waals surface area contributed by atoms with Crippen molar-refractivity contribution in [2.45, 2.75) is 6.92 Å². The van der Waals surface area contributed by atoms with E-state index in [0.29, 0.717) is 0 Å². The van der Waals surface area contributed by atoms with Gasteiger partial charge >= 0.3 is 0 Å². The second kappa shape index (κ2) is 2.75. The zero-order chi connectivity index (χ0) is 6.69. The van der Waals surface area contributed by atoms with E-state index in [1.807, 2.05) is 31.2 Å². The maximum absolute atomic E-state index is 10.4. The van der Waals surface area contributed by atoms with Gasteiger partial charge in [-0.3, -0.25) is 4.57 Å². The SMILES string of the molecule is Cc1ccccc1[PH]=O. The average Bonchev–Trinajstić information content (AvgIpc) is 1.89. The van der Waals surface area contributed by atoms with E-state index >= 15 is 0 Å². The van der Waals surface area contributed by atoms with Crippen molar-refractivity contribution < 1.29 is 4.57 Å². The summed E-state index contributed by atoms with van der Waals surface area (Å²) < 4.78 is 10.4. The summed E-state index contributed by atoms with van der Waals surface area (Å²) in [6.07, 6.45) is 0. The maximum Gasteiger partial charge on any atom is 0.0905 e. The largest absolute Gasteiger partial charge is 0.285 e. The standard InChI is InChI=1S/C7H8OP/c1-6-4-2-3-5-7(6)9-8/h2-5,9H,1H3. The van der Waals surface area contributed by atoms with Gasteiger partial charge in [-0.15, -0.1) is 0 Å². The molecule has 0 aromatic heterocycles. The van der Waals surface area contributed by atoms with E-state index in [2.05, 4.69) is 0 Å². The van der Waals surface area contributed by atoms with E-state index in [1.54, 1.807) is 0 Å². The van der Waals surface area contributed by atoms with Crippen LogP contribution in [-0.2, 0) is 4.57 Å². The molecule has 0 saturated carbocycles. The lowest BCUT2D eigenvalue weighted by Crippen LogP contribution is -1.94. The third kappa shape index (κ3) is 1.36. The molecule has 1 unspecified atom stereocenters. The van der Waals surface area contributed by atoms with E-state index in [1.165, 1.54) is 0 Å². The molecule has 2 heteroatoms. The van der Waals surface area contributed by atoms with Crippen LogP contribution in [0.4, 0.5) is 0 Å². The van der Waals surface area contributed by atoms with Crippen molar-refractivity contribution in [2.24, 2.45) is 0 Å². The predicted molar refractivity (Wildman–Crippen MR) is 39.8 cm³/mol. The average molecular weight is 139 g/mol. The van der Waals surface area contributed by atoms with Gasteiger partial charge in [0.15, 0.2) is 0 Å². The highest BCUT2D eigenvalue weighted by molar-refractivity contribution is 7.34. The summed E-state index contributed by atoms with van der Waals surface area (Å²) in [6, 6.07) is 7.67. The van der Waals surface area contributed by atoms with Gasteiger partial charge in [-0.25, -0.2) is 0 Å². The monoisotopic (exact) mass is 139 g/mol. The molecule has 1 atom stereocenters. The highest BCUT2D eigenvalue weighted by Crippen LogP contribution is 2.00. The molecule has 0 fully saturated rings. The first-order chi connectivity index (χ1) is 4.34. The fourth-order valence-electron chi connectivity index (χ4n) is 0.687. The molecule has 0 bridgehead atoms. The summed E-state index contributed by atoms with van der Waals surface area (Å²) in [5, 5.41) is 0.928. The molecule has 0 N–H and O–H groups in total. The van der Waals surface area contributed by atoms with Gasteiger partial charge in [-0.1, -0.05) is 18.2 Å². The van der Waals surface area contributed by atoms with Crippen molar-refractivity contribution >= 4 is 13.8 Å². The lowest BCUT2D eigenvalue weighted by atomic mass is 10.2. The minimum absolute atomic E-state index is 0.321. The molecular weight excluding hydrogens is 131 g/mol. The second-order valence-corrected chi connectivity index (χ2v) is 2.66. The predicted octanol–water partition coefficient (Wildman–Crippen LogP) is 1.64. The molecule has 9 heavy (non-hydrogen) atoms. The summed E-state index contributed by atoms with van der Waals surface area (Å²) in [7, 11) is -0.321. The van der Waals surface area contributed by atoms with Gasteiger partial charge in [0.2, 0.25) is 0 Å². The number of hydrogen-bond donors (Lipinski definition) is 0. The van der Waals surface area contributed by atoms with Crippen molar-refractivity contribution in [1.29, 1.82) is 0 Å². The van der Waals surface area contributed by atoms with Crippen molar-refractivity contribution in [1.82, 2.24) is 0 Å². The molecule has 0 aliphatic rings. The molecule has 1 aromatic carbocycles. The van der Waals surface area contributed by atoms with Crippen LogP contribution in [0.15, 0.2) is 24.3 Å². The smallest absolute Gasteiger partial charge is 0.0905 e. The van der Waals surface area contributed by atoms with Crippen LogP contribution in [0.25, 0.3) is 0 Å². The summed E-state index contributed by atoms with van der Waals surface area (Å²) in [5.41, 5.74) is 1.10. The van der Waals surface area contributed by atoms with Crippen LogP contribution in [0.5, 0.6) is 0 Å². The molecule has 1 radical (unpaired) electrons. The molecule has 47 valence electrons. The molecule has 0 spiro atoms. The van der Waals surface area contributed by atoms with E-state index < -0.39 is 0 Å². The van der Waals surface area contributed by atoms with Crippen LogP contribution in [0.2, 0.25) is 0 Å². The first-order valence-electron chi connectivity index (χ1n) is 2.78. The van der Waals surface area contributed by atoms with Gasteiger partial charge in [0.05, 0.1) is 8.46 Å². The number of rotatable bonds is 1. The van der Waals surface area contributed by atoms with Crippen molar-refractivity contribution in [2.75, 3.05) is 0 Å². The molecule has 0 saturated heterocycles. The molecule has 1 nitrogen and oxygen atoms in total. The summed E-state index contributed by atoms with van der Waals surface area (Å²) in [6.45, 7) is 1.96. The molecule has 0 aliphatic carbocycles. The van der Waals surface area contributed by atoms with Crippen molar-refractivity contribution in [3.63, 3.8) is 0 Å². The van der Waals surface area contributed by atoms with Crippen LogP contribution in [0.1, 0.15) is 5.56 Å². The molecule has 0 heterocycles.